The first-order valence-electron chi connectivity index (χ1n) is 8.46. The van der Waals surface area contributed by atoms with Crippen molar-refractivity contribution < 1.29 is 19.2 Å². The van der Waals surface area contributed by atoms with Gasteiger partial charge in [-0.1, -0.05) is 6.07 Å². The van der Waals surface area contributed by atoms with Crippen LogP contribution >= 0.6 is 0 Å². The van der Waals surface area contributed by atoms with Gasteiger partial charge in [0.05, 0.1) is 36.4 Å². The highest BCUT2D eigenvalue weighted by Crippen LogP contribution is 2.24. The zero-order chi connectivity index (χ0) is 20.7. The average molecular weight is 386 g/mol. The Morgan fingerprint density at radius 2 is 1.68 bits per heavy atom. The van der Waals surface area contributed by atoms with E-state index in [4.69, 9.17) is 4.74 Å². The minimum Gasteiger partial charge on any atom is -0.497 e. The number of nitro benzene ring substituents is 1. The van der Waals surface area contributed by atoms with E-state index in [2.05, 4.69) is 10.6 Å². The number of amides is 2. The van der Waals surface area contributed by atoms with Gasteiger partial charge >= 0.3 is 0 Å². The molecule has 0 radical (unpaired) electrons. The first kappa shape index (κ1) is 20.8. The van der Waals surface area contributed by atoms with E-state index in [0.29, 0.717) is 22.7 Å². The minimum atomic E-state index is -0.499. The number of nitro groups is 1. The van der Waals surface area contributed by atoms with Crippen LogP contribution in [0.4, 0.5) is 17.1 Å². The van der Waals surface area contributed by atoms with Gasteiger partial charge in [0.1, 0.15) is 5.75 Å². The first-order chi connectivity index (χ1) is 13.3. The Bertz CT molecular complexity index is 867. The number of hydrogen-bond donors (Lipinski definition) is 2. The fraction of sp³-hybridized carbons (Fsp3) is 0.263. The van der Waals surface area contributed by atoms with Crippen molar-refractivity contribution >= 4 is 28.9 Å². The average Bonchev–Trinajstić information content (AvgIpc) is 2.63. The van der Waals surface area contributed by atoms with E-state index in [-0.39, 0.29) is 30.6 Å². The molecule has 2 aromatic carbocycles. The van der Waals surface area contributed by atoms with Crippen molar-refractivity contribution in [1.29, 1.82) is 0 Å². The molecule has 0 unspecified atom stereocenters. The molecule has 2 amide bonds. The Morgan fingerprint density at radius 3 is 2.25 bits per heavy atom. The minimum absolute atomic E-state index is 0.00731. The van der Waals surface area contributed by atoms with Gasteiger partial charge in [-0.2, -0.15) is 0 Å². The van der Waals surface area contributed by atoms with Crippen LogP contribution in [0.1, 0.15) is 5.56 Å². The molecule has 9 heteroatoms. The molecule has 0 atom stereocenters. The molecule has 0 aliphatic rings. The number of nitrogens with zero attached hydrogens (tertiary/aromatic N) is 2. The second-order valence-electron chi connectivity index (χ2n) is 6.20. The maximum Gasteiger partial charge on any atom is 0.274 e. The standard InChI is InChI=1S/C19H22N4O5/c1-13-16(5-4-6-17(13)23(26)27)21-19(25)12-22(2)11-18(24)20-14-7-9-15(28-3)10-8-14/h4-10H,11-12H2,1-3H3,(H,20,24)(H,21,25). The van der Waals surface area contributed by atoms with E-state index in [1.807, 2.05) is 0 Å². The largest absolute Gasteiger partial charge is 0.497 e. The highest BCUT2D eigenvalue weighted by Gasteiger charge is 2.16. The van der Waals surface area contributed by atoms with Gasteiger partial charge in [0.2, 0.25) is 11.8 Å². The van der Waals surface area contributed by atoms with Crippen molar-refractivity contribution in [3.8, 4) is 5.75 Å². The van der Waals surface area contributed by atoms with Crippen LogP contribution in [0.5, 0.6) is 5.75 Å². The molecule has 0 saturated carbocycles. The Labute approximate surface area is 162 Å². The van der Waals surface area contributed by atoms with Crippen LogP contribution in [0.3, 0.4) is 0 Å². The van der Waals surface area contributed by atoms with E-state index < -0.39 is 4.92 Å². The molecular weight excluding hydrogens is 364 g/mol. The summed E-state index contributed by atoms with van der Waals surface area (Å²) in [6, 6.07) is 11.4. The number of rotatable bonds is 8. The van der Waals surface area contributed by atoms with Crippen molar-refractivity contribution in [2.45, 2.75) is 6.92 Å². The number of benzene rings is 2. The number of anilines is 2. The highest BCUT2D eigenvalue weighted by molar-refractivity contribution is 5.95. The predicted octanol–water partition coefficient (Wildman–Crippen LogP) is 2.42. The quantitative estimate of drug-likeness (QED) is 0.532. The molecule has 9 nitrogen and oxygen atoms in total. The number of hydrogen-bond acceptors (Lipinski definition) is 6. The maximum atomic E-state index is 12.2. The summed E-state index contributed by atoms with van der Waals surface area (Å²) in [6.07, 6.45) is 0. The summed E-state index contributed by atoms with van der Waals surface area (Å²) in [4.78, 5) is 36.3. The summed E-state index contributed by atoms with van der Waals surface area (Å²) >= 11 is 0. The molecule has 28 heavy (non-hydrogen) atoms. The van der Waals surface area contributed by atoms with Gasteiger partial charge in [-0.15, -0.1) is 0 Å². The summed E-state index contributed by atoms with van der Waals surface area (Å²) in [5.74, 6) is 0.0403. The number of nitrogens with one attached hydrogen (secondary N) is 2. The number of carbonyl (C=O) groups excluding carboxylic acids is 2. The summed E-state index contributed by atoms with van der Waals surface area (Å²) in [5.41, 5.74) is 1.30. The van der Waals surface area contributed by atoms with Crippen LogP contribution < -0.4 is 15.4 Å². The summed E-state index contributed by atoms with van der Waals surface area (Å²) in [5, 5.41) is 16.4. The van der Waals surface area contributed by atoms with Crippen molar-refractivity contribution in [1.82, 2.24) is 4.90 Å². The SMILES string of the molecule is COc1ccc(NC(=O)CN(C)CC(=O)Nc2cccc([N+](=O)[O-])c2C)cc1. The molecule has 2 N–H and O–H groups in total. The topological polar surface area (TPSA) is 114 Å². The summed E-state index contributed by atoms with van der Waals surface area (Å²) in [6.45, 7) is 1.53. The smallest absolute Gasteiger partial charge is 0.274 e. The maximum absolute atomic E-state index is 12.2. The molecule has 148 valence electrons. The monoisotopic (exact) mass is 386 g/mol. The molecule has 0 aliphatic heterocycles. The molecule has 0 aliphatic carbocycles. The first-order valence-corrected chi connectivity index (χ1v) is 8.46. The van der Waals surface area contributed by atoms with E-state index >= 15 is 0 Å². The predicted molar refractivity (Wildman–Crippen MR) is 106 cm³/mol. The van der Waals surface area contributed by atoms with Gasteiger partial charge in [-0.3, -0.25) is 24.6 Å². The van der Waals surface area contributed by atoms with Gasteiger partial charge in [0.25, 0.3) is 5.69 Å². The van der Waals surface area contributed by atoms with E-state index in [1.54, 1.807) is 56.3 Å². The van der Waals surface area contributed by atoms with Crippen molar-refractivity contribution in [2.24, 2.45) is 0 Å². The van der Waals surface area contributed by atoms with Crippen LogP contribution in [0.25, 0.3) is 0 Å². The van der Waals surface area contributed by atoms with Gasteiger partial charge in [-0.25, -0.2) is 0 Å². The van der Waals surface area contributed by atoms with E-state index in [9.17, 15) is 19.7 Å². The van der Waals surface area contributed by atoms with Gasteiger partial charge in [0.15, 0.2) is 0 Å². The molecule has 0 fully saturated rings. The highest BCUT2D eigenvalue weighted by atomic mass is 16.6. The van der Waals surface area contributed by atoms with E-state index in [1.165, 1.54) is 12.1 Å². The lowest BCUT2D eigenvalue weighted by molar-refractivity contribution is -0.385. The van der Waals surface area contributed by atoms with Crippen LogP contribution in [0.2, 0.25) is 0 Å². The van der Waals surface area contributed by atoms with Gasteiger partial charge in [-0.05, 0) is 44.3 Å². The molecule has 2 rings (SSSR count). The third kappa shape index (κ3) is 5.78. The second kappa shape index (κ2) is 9.47. The molecule has 0 saturated heterocycles. The van der Waals surface area contributed by atoms with Crippen molar-refractivity contribution in [2.75, 3.05) is 37.9 Å². The van der Waals surface area contributed by atoms with Crippen LogP contribution in [-0.4, -0.2) is 48.9 Å². The Kier molecular flexibility index (Phi) is 7.05. The molecule has 0 spiro atoms. The Morgan fingerprint density at radius 1 is 1.07 bits per heavy atom. The van der Waals surface area contributed by atoms with Crippen LogP contribution in [0, 0.1) is 17.0 Å². The lowest BCUT2D eigenvalue weighted by Gasteiger charge is -2.16. The lowest BCUT2D eigenvalue weighted by Crippen LogP contribution is -2.36. The number of ether oxygens (including phenoxy) is 1. The number of methoxy groups -OCH3 is 1. The summed E-state index contributed by atoms with van der Waals surface area (Å²) < 4.78 is 5.06. The summed E-state index contributed by atoms with van der Waals surface area (Å²) in [7, 11) is 3.19. The number of likely N-dealkylation sites (N-methyl/N-ethyl adjacent to an activating group) is 1. The Balaban J connectivity index is 1.87. The zero-order valence-electron chi connectivity index (χ0n) is 15.9. The Hall–Kier alpha value is -3.46. The zero-order valence-corrected chi connectivity index (χ0v) is 15.9. The van der Waals surface area contributed by atoms with Gasteiger partial charge in [0, 0.05) is 11.8 Å². The second-order valence-corrected chi connectivity index (χ2v) is 6.20. The molecule has 0 bridgehead atoms. The van der Waals surface area contributed by atoms with Crippen LogP contribution in [-0.2, 0) is 9.59 Å². The van der Waals surface area contributed by atoms with E-state index in [0.717, 1.165) is 0 Å². The third-order valence-electron chi connectivity index (χ3n) is 3.98. The van der Waals surface area contributed by atoms with Crippen molar-refractivity contribution in [3.63, 3.8) is 0 Å². The molecule has 0 heterocycles. The normalized spacial score (nSPS) is 10.4. The van der Waals surface area contributed by atoms with Crippen LogP contribution in [0.15, 0.2) is 42.5 Å². The third-order valence-corrected chi connectivity index (χ3v) is 3.98. The molecular formula is C19H22N4O5. The van der Waals surface area contributed by atoms with Gasteiger partial charge < -0.3 is 15.4 Å². The van der Waals surface area contributed by atoms with Crippen molar-refractivity contribution in [3.05, 3.63) is 58.1 Å². The molecule has 2 aromatic rings. The number of carbonyl (C=O) groups is 2. The fourth-order valence-electron chi connectivity index (χ4n) is 2.57. The fourth-order valence-corrected chi connectivity index (χ4v) is 2.57. The lowest BCUT2D eigenvalue weighted by atomic mass is 10.1. The molecule has 0 aromatic heterocycles.